The maximum Gasteiger partial charge on any atom is 0.269 e. The first kappa shape index (κ1) is 22.2. The van der Waals surface area contributed by atoms with Crippen LogP contribution in [0.15, 0.2) is 66.7 Å². The standard InChI is InChI=1S/C26H22FN3O3S/c1-16-7-10-19(13-17(16)2)28-23(31)14-29-22-6-4-3-5-21(22)26(25(29)33)30(24(32)15-34-26)20-11-8-18(27)9-12-20/h3-13H,14-15H2,1-2H3,(H,28,31)/t26-/m0/s1. The second-order valence-electron chi connectivity index (χ2n) is 8.39. The van der Waals surface area contributed by atoms with Gasteiger partial charge in [0.05, 0.1) is 11.4 Å². The average Bonchev–Trinajstić information content (AvgIpc) is 3.28. The van der Waals surface area contributed by atoms with Crippen molar-refractivity contribution < 1.29 is 18.8 Å². The minimum atomic E-state index is -1.34. The zero-order chi connectivity index (χ0) is 24.0. The molecule has 3 amide bonds. The molecule has 1 atom stereocenters. The van der Waals surface area contributed by atoms with Gasteiger partial charge in [-0.2, -0.15) is 0 Å². The lowest BCUT2D eigenvalue weighted by molar-refractivity contribution is -0.124. The number of carbonyl (C=O) groups excluding carboxylic acids is 3. The van der Waals surface area contributed by atoms with Crippen LogP contribution >= 0.6 is 11.8 Å². The number of benzene rings is 3. The highest BCUT2D eigenvalue weighted by Crippen LogP contribution is 2.55. The Hall–Kier alpha value is -3.65. The summed E-state index contributed by atoms with van der Waals surface area (Å²) in [6.07, 6.45) is 0. The first-order valence-electron chi connectivity index (χ1n) is 10.8. The van der Waals surface area contributed by atoms with Crippen LogP contribution in [0.2, 0.25) is 0 Å². The molecule has 0 radical (unpaired) electrons. The summed E-state index contributed by atoms with van der Waals surface area (Å²) in [6, 6.07) is 18.3. The van der Waals surface area contributed by atoms with Crippen molar-refractivity contribution in [2.24, 2.45) is 0 Å². The van der Waals surface area contributed by atoms with Crippen LogP contribution in [-0.4, -0.2) is 30.0 Å². The average molecular weight is 476 g/mol. The molecule has 1 saturated heterocycles. The Morgan fingerprint density at radius 1 is 1.03 bits per heavy atom. The molecule has 5 rings (SSSR count). The first-order chi connectivity index (χ1) is 16.3. The maximum absolute atomic E-state index is 13.9. The number of hydrogen-bond acceptors (Lipinski definition) is 4. The molecule has 0 unspecified atom stereocenters. The van der Waals surface area contributed by atoms with Gasteiger partial charge in [-0.3, -0.25) is 24.2 Å². The Bertz CT molecular complexity index is 1330. The number of carbonyl (C=O) groups is 3. The first-order valence-corrected chi connectivity index (χ1v) is 11.8. The van der Waals surface area contributed by atoms with Crippen LogP contribution in [0.1, 0.15) is 16.7 Å². The lowest BCUT2D eigenvalue weighted by Gasteiger charge is -2.33. The number of aryl methyl sites for hydroxylation is 2. The lowest BCUT2D eigenvalue weighted by Crippen LogP contribution is -2.50. The zero-order valence-electron chi connectivity index (χ0n) is 18.7. The fourth-order valence-electron chi connectivity index (χ4n) is 4.47. The molecule has 2 heterocycles. The Morgan fingerprint density at radius 2 is 1.76 bits per heavy atom. The minimum Gasteiger partial charge on any atom is -0.325 e. The number of amides is 3. The molecular formula is C26H22FN3O3S. The molecule has 0 bridgehead atoms. The highest BCUT2D eigenvalue weighted by molar-refractivity contribution is 8.02. The van der Waals surface area contributed by atoms with Gasteiger partial charge >= 0.3 is 0 Å². The Labute approximate surface area is 200 Å². The van der Waals surface area contributed by atoms with Gasteiger partial charge in [-0.1, -0.05) is 24.3 Å². The van der Waals surface area contributed by atoms with Gasteiger partial charge in [0, 0.05) is 16.9 Å². The monoisotopic (exact) mass is 475 g/mol. The van der Waals surface area contributed by atoms with Crippen molar-refractivity contribution in [3.8, 4) is 0 Å². The van der Waals surface area contributed by atoms with Crippen LogP contribution in [0, 0.1) is 19.7 Å². The fraction of sp³-hybridized carbons (Fsp3) is 0.192. The molecule has 0 aromatic heterocycles. The van der Waals surface area contributed by atoms with Gasteiger partial charge in [0.25, 0.3) is 5.91 Å². The second kappa shape index (κ2) is 8.29. The number of nitrogens with one attached hydrogen (secondary N) is 1. The lowest BCUT2D eigenvalue weighted by atomic mass is 10.0. The van der Waals surface area contributed by atoms with E-state index in [0.717, 1.165) is 11.1 Å². The molecule has 34 heavy (non-hydrogen) atoms. The highest BCUT2D eigenvalue weighted by Gasteiger charge is 2.61. The summed E-state index contributed by atoms with van der Waals surface area (Å²) >= 11 is 1.22. The van der Waals surface area contributed by atoms with E-state index in [4.69, 9.17) is 0 Å². The van der Waals surface area contributed by atoms with Crippen LogP contribution in [0.25, 0.3) is 0 Å². The molecule has 3 aromatic rings. The molecule has 0 aliphatic carbocycles. The van der Waals surface area contributed by atoms with E-state index in [1.807, 2.05) is 32.0 Å². The molecule has 1 spiro atoms. The van der Waals surface area contributed by atoms with E-state index >= 15 is 0 Å². The Morgan fingerprint density at radius 3 is 2.50 bits per heavy atom. The van der Waals surface area contributed by atoms with Gasteiger partial charge in [-0.25, -0.2) is 4.39 Å². The van der Waals surface area contributed by atoms with E-state index in [1.165, 1.54) is 45.8 Å². The van der Waals surface area contributed by atoms with Crippen molar-refractivity contribution >= 4 is 46.5 Å². The van der Waals surface area contributed by atoms with Crippen LogP contribution < -0.4 is 15.1 Å². The summed E-state index contributed by atoms with van der Waals surface area (Å²) in [5.41, 5.74) is 4.47. The van der Waals surface area contributed by atoms with Crippen molar-refractivity contribution in [3.63, 3.8) is 0 Å². The number of hydrogen-bond donors (Lipinski definition) is 1. The molecular weight excluding hydrogens is 453 g/mol. The van der Waals surface area contributed by atoms with Crippen molar-refractivity contribution in [3.05, 3.63) is 89.2 Å². The molecule has 1 N–H and O–H groups in total. The fourth-order valence-corrected chi connectivity index (χ4v) is 5.83. The van der Waals surface area contributed by atoms with E-state index in [0.29, 0.717) is 22.6 Å². The van der Waals surface area contributed by atoms with Crippen molar-refractivity contribution in [2.75, 3.05) is 27.4 Å². The van der Waals surface area contributed by atoms with Crippen LogP contribution in [-0.2, 0) is 19.3 Å². The molecule has 6 nitrogen and oxygen atoms in total. The van der Waals surface area contributed by atoms with Crippen LogP contribution in [0.4, 0.5) is 21.5 Å². The highest BCUT2D eigenvalue weighted by atomic mass is 32.2. The van der Waals surface area contributed by atoms with Gasteiger partial charge < -0.3 is 5.32 Å². The molecule has 2 aliphatic rings. The number of fused-ring (bicyclic) bond motifs is 2. The van der Waals surface area contributed by atoms with Crippen LogP contribution in [0.3, 0.4) is 0 Å². The summed E-state index contributed by atoms with van der Waals surface area (Å²) in [5.74, 6) is -1.29. The second-order valence-corrected chi connectivity index (χ2v) is 9.56. The smallest absolute Gasteiger partial charge is 0.269 e. The Kier molecular flexibility index (Phi) is 5.40. The third kappa shape index (κ3) is 3.45. The summed E-state index contributed by atoms with van der Waals surface area (Å²) in [5, 5.41) is 2.86. The number of halogens is 1. The predicted octanol–water partition coefficient (Wildman–Crippen LogP) is 4.36. The molecule has 3 aromatic carbocycles. The van der Waals surface area contributed by atoms with Crippen molar-refractivity contribution in [1.82, 2.24) is 0 Å². The topological polar surface area (TPSA) is 69.7 Å². The van der Waals surface area contributed by atoms with Gasteiger partial charge in [-0.05, 0) is 67.4 Å². The summed E-state index contributed by atoms with van der Waals surface area (Å²) < 4.78 is 13.6. The zero-order valence-corrected chi connectivity index (χ0v) is 19.5. The van der Waals surface area contributed by atoms with Gasteiger partial charge in [0.1, 0.15) is 12.4 Å². The van der Waals surface area contributed by atoms with E-state index in [1.54, 1.807) is 24.3 Å². The van der Waals surface area contributed by atoms with Crippen molar-refractivity contribution in [1.29, 1.82) is 0 Å². The molecule has 1 fully saturated rings. The third-order valence-corrected chi connectivity index (χ3v) is 7.63. The molecule has 8 heteroatoms. The number of para-hydroxylation sites is 1. The summed E-state index contributed by atoms with van der Waals surface area (Å²) in [7, 11) is 0. The van der Waals surface area contributed by atoms with Crippen molar-refractivity contribution in [2.45, 2.75) is 18.7 Å². The molecule has 0 saturated carbocycles. The van der Waals surface area contributed by atoms with E-state index in [9.17, 15) is 18.8 Å². The van der Waals surface area contributed by atoms with E-state index < -0.39 is 10.7 Å². The molecule has 2 aliphatic heterocycles. The van der Waals surface area contributed by atoms with Crippen LogP contribution in [0.5, 0.6) is 0 Å². The summed E-state index contributed by atoms with van der Waals surface area (Å²) in [4.78, 5) is 41.3. The van der Waals surface area contributed by atoms with Gasteiger partial charge in [-0.15, -0.1) is 11.8 Å². The largest absolute Gasteiger partial charge is 0.325 e. The van der Waals surface area contributed by atoms with E-state index in [-0.39, 0.29) is 30.0 Å². The number of anilines is 3. The normalized spacial score (nSPS) is 19.1. The van der Waals surface area contributed by atoms with E-state index in [2.05, 4.69) is 5.32 Å². The number of rotatable bonds is 4. The predicted molar refractivity (Wildman–Crippen MR) is 131 cm³/mol. The quantitative estimate of drug-likeness (QED) is 0.609. The maximum atomic E-state index is 13.9. The molecule has 172 valence electrons. The summed E-state index contributed by atoms with van der Waals surface area (Å²) in [6.45, 7) is 3.76. The Balaban J connectivity index is 1.50. The number of nitrogens with zero attached hydrogens (tertiary/aromatic N) is 2. The SMILES string of the molecule is Cc1ccc(NC(=O)CN2C(=O)[C@@]3(SCC(=O)N3c3ccc(F)cc3)c3ccccc32)cc1C. The minimum absolute atomic E-state index is 0.0974. The van der Waals surface area contributed by atoms with Gasteiger partial charge in [0.2, 0.25) is 16.7 Å². The third-order valence-electron chi connectivity index (χ3n) is 6.24. The van der Waals surface area contributed by atoms with Gasteiger partial charge in [0.15, 0.2) is 0 Å². The number of thioether (sulfide) groups is 1.